The van der Waals surface area contributed by atoms with Crippen molar-refractivity contribution in [3.05, 3.63) is 23.9 Å². The number of nitrogens with zero attached hydrogens (tertiary/aromatic N) is 2. The monoisotopic (exact) mass is 508 g/mol. The van der Waals surface area contributed by atoms with Crippen LogP contribution in [0.3, 0.4) is 0 Å². The zero-order valence-corrected chi connectivity index (χ0v) is 20.0. The summed E-state index contributed by atoms with van der Waals surface area (Å²) in [6.07, 6.45) is 5.23. The number of rotatable bonds is 13. The molecule has 0 aromatic carbocycles. The van der Waals surface area contributed by atoms with Gasteiger partial charge >= 0.3 is 0 Å². The highest BCUT2D eigenvalue weighted by Crippen LogP contribution is 2.18. The van der Waals surface area contributed by atoms with Crippen LogP contribution >= 0.6 is 24.0 Å². The summed E-state index contributed by atoms with van der Waals surface area (Å²) in [7, 11) is 1.64. The number of methoxy groups -OCH3 is 1. The maximum Gasteiger partial charge on any atom is 0.213 e. The van der Waals surface area contributed by atoms with Crippen LogP contribution in [0.5, 0.6) is 5.88 Å². The van der Waals surface area contributed by atoms with Crippen molar-refractivity contribution < 1.29 is 14.6 Å². The first-order valence-corrected chi connectivity index (χ1v) is 9.88. The summed E-state index contributed by atoms with van der Waals surface area (Å²) in [6.45, 7) is 8.98. The molecule has 1 aromatic heterocycles. The average Bonchev–Trinajstić information content (AvgIpc) is 2.66. The number of aliphatic imine (C=N–C) groups is 1. The third-order valence-corrected chi connectivity index (χ3v) is 4.11. The Morgan fingerprint density at radius 2 is 1.86 bits per heavy atom. The Bertz CT molecular complexity index is 535. The minimum absolute atomic E-state index is 0. The Kier molecular flexibility index (Phi) is 15.1. The van der Waals surface area contributed by atoms with Gasteiger partial charge in [0.25, 0.3) is 0 Å². The lowest BCUT2D eigenvalue weighted by Crippen LogP contribution is -2.47. The first kappa shape index (κ1) is 26.9. The molecule has 162 valence electrons. The highest BCUT2D eigenvalue weighted by molar-refractivity contribution is 14.0. The molecule has 0 aliphatic carbocycles. The molecule has 0 bridgehead atoms. The molecule has 0 radical (unpaired) electrons. The van der Waals surface area contributed by atoms with E-state index in [2.05, 4.69) is 34.5 Å². The molecule has 0 saturated heterocycles. The van der Waals surface area contributed by atoms with Crippen molar-refractivity contribution in [3.8, 4) is 5.88 Å². The van der Waals surface area contributed by atoms with Crippen molar-refractivity contribution in [3.63, 3.8) is 0 Å². The van der Waals surface area contributed by atoms with Crippen LogP contribution in [-0.4, -0.2) is 55.1 Å². The molecular formula is C20H37IN4O3. The van der Waals surface area contributed by atoms with Gasteiger partial charge in [0.05, 0.1) is 18.8 Å². The number of hydrogen-bond acceptors (Lipinski definition) is 5. The molecule has 8 heteroatoms. The number of halogens is 1. The molecule has 0 amide bonds. The molecule has 28 heavy (non-hydrogen) atoms. The van der Waals surface area contributed by atoms with E-state index < -0.39 is 5.60 Å². The number of aromatic nitrogens is 1. The second-order valence-corrected chi connectivity index (χ2v) is 6.62. The molecule has 0 saturated carbocycles. The van der Waals surface area contributed by atoms with Crippen molar-refractivity contribution >= 4 is 29.9 Å². The van der Waals surface area contributed by atoms with Gasteiger partial charge in [-0.05, 0) is 25.3 Å². The summed E-state index contributed by atoms with van der Waals surface area (Å²) in [6, 6.07) is 3.79. The highest BCUT2D eigenvalue weighted by atomic mass is 127. The number of aliphatic hydroxyl groups is 1. The van der Waals surface area contributed by atoms with Crippen molar-refractivity contribution in [1.82, 2.24) is 15.6 Å². The SMILES string of the molecule is CCCC(O)(CCC)CNC(=NCc1ccc(OCCOC)nc1)NCC.I. The lowest BCUT2D eigenvalue weighted by atomic mass is 9.93. The first-order chi connectivity index (χ1) is 13.1. The second kappa shape index (κ2) is 15.8. The minimum Gasteiger partial charge on any atom is -0.475 e. The number of guanidine groups is 1. The predicted octanol–water partition coefficient (Wildman–Crippen LogP) is 3.11. The van der Waals surface area contributed by atoms with Crippen LogP contribution in [0.2, 0.25) is 0 Å². The molecule has 0 unspecified atom stereocenters. The van der Waals surface area contributed by atoms with Crippen LogP contribution in [-0.2, 0) is 11.3 Å². The van der Waals surface area contributed by atoms with E-state index in [1.54, 1.807) is 13.3 Å². The molecule has 0 spiro atoms. The summed E-state index contributed by atoms with van der Waals surface area (Å²) in [5, 5.41) is 17.3. The van der Waals surface area contributed by atoms with Gasteiger partial charge in [0.2, 0.25) is 5.88 Å². The number of hydrogen-bond donors (Lipinski definition) is 3. The van der Waals surface area contributed by atoms with E-state index in [4.69, 9.17) is 9.47 Å². The van der Waals surface area contributed by atoms with Crippen molar-refractivity contribution in [1.29, 1.82) is 0 Å². The van der Waals surface area contributed by atoms with E-state index >= 15 is 0 Å². The third-order valence-electron chi connectivity index (χ3n) is 4.11. The maximum absolute atomic E-state index is 10.8. The summed E-state index contributed by atoms with van der Waals surface area (Å²) in [5.41, 5.74) is 0.297. The summed E-state index contributed by atoms with van der Waals surface area (Å²) in [5.74, 6) is 1.28. The smallest absolute Gasteiger partial charge is 0.213 e. The highest BCUT2D eigenvalue weighted by Gasteiger charge is 2.24. The Morgan fingerprint density at radius 3 is 2.39 bits per heavy atom. The van der Waals surface area contributed by atoms with E-state index in [9.17, 15) is 5.11 Å². The van der Waals surface area contributed by atoms with Crippen LogP contribution in [0.4, 0.5) is 0 Å². The Labute approximate surface area is 186 Å². The number of pyridine rings is 1. The van der Waals surface area contributed by atoms with Crippen LogP contribution in [0.1, 0.15) is 52.0 Å². The van der Waals surface area contributed by atoms with Gasteiger partial charge in [0.15, 0.2) is 5.96 Å². The number of ether oxygens (including phenoxy) is 2. The summed E-state index contributed by atoms with van der Waals surface area (Å²) >= 11 is 0. The van der Waals surface area contributed by atoms with Gasteiger partial charge in [0, 0.05) is 32.5 Å². The fraction of sp³-hybridized carbons (Fsp3) is 0.700. The standard InChI is InChI=1S/C20H36N4O3.HI/c1-5-10-20(25,11-6-2)16-24-19(21-7-3)23-15-17-8-9-18(22-14-17)27-13-12-26-4;/h8-9,14,25H,5-7,10-13,15-16H2,1-4H3,(H2,21,23,24);1H. The third kappa shape index (κ3) is 11.0. The maximum atomic E-state index is 10.8. The topological polar surface area (TPSA) is 88.0 Å². The fourth-order valence-electron chi connectivity index (χ4n) is 2.81. The predicted molar refractivity (Wildman–Crippen MR) is 125 cm³/mol. The largest absolute Gasteiger partial charge is 0.475 e. The van der Waals surface area contributed by atoms with Crippen LogP contribution in [0, 0.1) is 0 Å². The molecule has 0 fully saturated rings. The van der Waals surface area contributed by atoms with Crippen LogP contribution < -0.4 is 15.4 Å². The first-order valence-electron chi connectivity index (χ1n) is 9.88. The molecule has 1 aromatic rings. The van der Waals surface area contributed by atoms with E-state index in [-0.39, 0.29) is 24.0 Å². The molecule has 1 rings (SSSR count). The Balaban J connectivity index is 0.00000729. The van der Waals surface area contributed by atoms with Gasteiger partial charge in [-0.15, -0.1) is 24.0 Å². The Hall–Kier alpha value is -1.13. The molecule has 0 aliphatic heterocycles. The zero-order chi connectivity index (χ0) is 20.0. The zero-order valence-electron chi connectivity index (χ0n) is 17.7. The van der Waals surface area contributed by atoms with E-state index in [0.29, 0.717) is 38.1 Å². The van der Waals surface area contributed by atoms with Crippen molar-refractivity contribution in [2.45, 2.75) is 58.6 Å². The van der Waals surface area contributed by atoms with Gasteiger partial charge in [0.1, 0.15) is 6.61 Å². The lowest BCUT2D eigenvalue weighted by molar-refractivity contribution is 0.0257. The normalized spacial score (nSPS) is 11.7. The molecular weight excluding hydrogens is 471 g/mol. The van der Waals surface area contributed by atoms with Crippen molar-refractivity contribution in [2.24, 2.45) is 4.99 Å². The van der Waals surface area contributed by atoms with Crippen LogP contribution in [0.15, 0.2) is 23.3 Å². The Morgan fingerprint density at radius 1 is 1.14 bits per heavy atom. The summed E-state index contributed by atoms with van der Waals surface area (Å²) < 4.78 is 10.4. The van der Waals surface area contributed by atoms with E-state index in [0.717, 1.165) is 37.8 Å². The lowest BCUT2D eigenvalue weighted by Gasteiger charge is -2.28. The number of nitrogens with one attached hydrogen (secondary N) is 2. The fourth-order valence-corrected chi connectivity index (χ4v) is 2.81. The van der Waals surface area contributed by atoms with Crippen molar-refractivity contribution in [2.75, 3.05) is 33.4 Å². The van der Waals surface area contributed by atoms with Gasteiger partial charge in [-0.1, -0.05) is 32.8 Å². The molecule has 1 heterocycles. The summed E-state index contributed by atoms with van der Waals surface area (Å²) in [4.78, 5) is 8.88. The van der Waals surface area contributed by atoms with E-state index in [1.807, 2.05) is 19.1 Å². The quantitative estimate of drug-likeness (QED) is 0.164. The van der Waals surface area contributed by atoms with Gasteiger partial charge in [-0.2, -0.15) is 0 Å². The van der Waals surface area contributed by atoms with Gasteiger partial charge in [-0.3, -0.25) is 0 Å². The van der Waals surface area contributed by atoms with E-state index in [1.165, 1.54) is 0 Å². The minimum atomic E-state index is -0.692. The van der Waals surface area contributed by atoms with Gasteiger partial charge in [-0.25, -0.2) is 9.98 Å². The second-order valence-electron chi connectivity index (χ2n) is 6.62. The molecule has 3 N–H and O–H groups in total. The molecule has 0 atom stereocenters. The molecule has 0 aliphatic rings. The van der Waals surface area contributed by atoms with Gasteiger partial charge < -0.3 is 25.2 Å². The van der Waals surface area contributed by atoms with Crippen LogP contribution in [0.25, 0.3) is 0 Å². The molecule has 7 nitrogen and oxygen atoms in total. The average molecular weight is 508 g/mol.